The van der Waals surface area contributed by atoms with Gasteiger partial charge in [0.05, 0.1) is 0 Å². The van der Waals surface area contributed by atoms with Gasteiger partial charge in [-0.1, -0.05) is 32.0 Å². The molecule has 0 atom stereocenters. The largest absolute Gasteiger partial charge is 0.385 e. The Morgan fingerprint density at radius 1 is 1.12 bits per heavy atom. The maximum Gasteiger partial charge on any atom is 0.136 e. The second kappa shape index (κ2) is 8.64. The predicted molar refractivity (Wildman–Crippen MR) is 100 cm³/mol. The molecule has 24 heavy (non-hydrogen) atoms. The number of aromatic nitrogens is 2. The number of rotatable bonds is 8. The third-order valence-corrected chi connectivity index (χ3v) is 3.85. The summed E-state index contributed by atoms with van der Waals surface area (Å²) >= 11 is 0. The van der Waals surface area contributed by atoms with Gasteiger partial charge in [-0.25, -0.2) is 9.97 Å². The van der Waals surface area contributed by atoms with E-state index in [1.807, 2.05) is 13.0 Å². The van der Waals surface area contributed by atoms with E-state index >= 15 is 0 Å². The molecule has 2 N–H and O–H groups in total. The molecular formula is C19H28N4O. The van der Waals surface area contributed by atoms with E-state index in [2.05, 4.69) is 59.6 Å². The number of nitrogens with zero attached hydrogens (tertiary/aromatic N) is 2. The molecule has 1 heterocycles. The average molecular weight is 328 g/mol. The van der Waals surface area contributed by atoms with Crippen LogP contribution in [0.1, 0.15) is 43.1 Å². The summed E-state index contributed by atoms with van der Waals surface area (Å²) in [7, 11) is 1.71. The first kappa shape index (κ1) is 18.2. The van der Waals surface area contributed by atoms with Crippen LogP contribution < -0.4 is 10.6 Å². The van der Waals surface area contributed by atoms with Gasteiger partial charge >= 0.3 is 0 Å². The maximum absolute atomic E-state index is 5.07. The van der Waals surface area contributed by atoms with E-state index in [1.165, 1.54) is 11.1 Å². The molecule has 2 aromatic rings. The number of nitrogens with one attached hydrogen (secondary N) is 2. The molecule has 0 unspecified atom stereocenters. The monoisotopic (exact) mass is 328 g/mol. The van der Waals surface area contributed by atoms with E-state index in [0.717, 1.165) is 42.7 Å². The van der Waals surface area contributed by atoms with Gasteiger partial charge in [-0.3, -0.25) is 0 Å². The van der Waals surface area contributed by atoms with Crippen molar-refractivity contribution in [2.24, 2.45) is 0 Å². The van der Waals surface area contributed by atoms with Crippen LogP contribution in [0.3, 0.4) is 0 Å². The molecule has 0 spiro atoms. The van der Waals surface area contributed by atoms with Crippen molar-refractivity contribution in [3.8, 4) is 0 Å². The third-order valence-electron chi connectivity index (χ3n) is 3.85. The highest BCUT2D eigenvalue weighted by Crippen LogP contribution is 2.30. The van der Waals surface area contributed by atoms with Crippen LogP contribution in [0.2, 0.25) is 0 Å². The molecule has 1 aromatic heterocycles. The third kappa shape index (κ3) is 4.93. The molecule has 0 amide bonds. The number of benzene rings is 1. The Morgan fingerprint density at radius 2 is 1.88 bits per heavy atom. The van der Waals surface area contributed by atoms with Crippen LogP contribution in [0.5, 0.6) is 0 Å². The minimum atomic E-state index is 0.446. The summed E-state index contributed by atoms with van der Waals surface area (Å²) in [5.74, 6) is 2.84. The predicted octanol–water partition coefficient (Wildman–Crippen LogP) is 4.41. The minimum Gasteiger partial charge on any atom is -0.385 e. The number of methoxy groups -OCH3 is 1. The topological polar surface area (TPSA) is 59.1 Å². The van der Waals surface area contributed by atoms with Crippen molar-refractivity contribution < 1.29 is 4.74 Å². The average Bonchev–Trinajstić information content (AvgIpc) is 2.53. The Kier molecular flexibility index (Phi) is 6.55. The molecule has 0 fully saturated rings. The Labute approximate surface area is 144 Å². The second-order valence-corrected chi connectivity index (χ2v) is 6.28. The molecule has 5 heteroatoms. The number of hydrogen-bond acceptors (Lipinski definition) is 5. The summed E-state index contributed by atoms with van der Waals surface area (Å²) in [5.41, 5.74) is 3.64. The molecule has 5 nitrogen and oxygen atoms in total. The lowest BCUT2D eigenvalue weighted by atomic mass is 9.98. The maximum atomic E-state index is 5.07. The van der Waals surface area contributed by atoms with Crippen molar-refractivity contribution in [3.05, 3.63) is 41.2 Å². The summed E-state index contributed by atoms with van der Waals surface area (Å²) in [6, 6.07) is 8.34. The summed E-state index contributed by atoms with van der Waals surface area (Å²) in [4.78, 5) is 8.98. The minimum absolute atomic E-state index is 0.446. The summed E-state index contributed by atoms with van der Waals surface area (Å²) in [5, 5.41) is 6.82. The van der Waals surface area contributed by atoms with E-state index in [-0.39, 0.29) is 0 Å². The van der Waals surface area contributed by atoms with Crippen LogP contribution >= 0.6 is 0 Å². The van der Waals surface area contributed by atoms with Crippen molar-refractivity contribution >= 4 is 17.3 Å². The Balaban J connectivity index is 2.20. The van der Waals surface area contributed by atoms with Crippen LogP contribution in [0.25, 0.3) is 0 Å². The molecule has 0 saturated heterocycles. The lowest BCUT2D eigenvalue weighted by molar-refractivity contribution is 0.198. The first-order chi connectivity index (χ1) is 11.5. The first-order valence-corrected chi connectivity index (χ1v) is 8.46. The van der Waals surface area contributed by atoms with Crippen LogP contribution in [0.4, 0.5) is 17.3 Å². The van der Waals surface area contributed by atoms with Crippen molar-refractivity contribution in [1.29, 1.82) is 0 Å². The summed E-state index contributed by atoms with van der Waals surface area (Å²) in [6.07, 6.45) is 0.942. The Morgan fingerprint density at radius 3 is 2.58 bits per heavy atom. The lowest BCUT2D eigenvalue weighted by Crippen LogP contribution is -2.09. The van der Waals surface area contributed by atoms with Gasteiger partial charge in [0.2, 0.25) is 0 Å². The highest BCUT2D eigenvalue weighted by atomic mass is 16.5. The van der Waals surface area contributed by atoms with Gasteiger partial charge in [0, 0.05) is 32.0 Å². The number of ether oxygens (including phenoxy) is 1. The highest BCUT2D eigenvalue weighted by Gasteiger charge is 2.11. The Bertz CT molecular complexity index is 670. The van der Waals surface area contributed by atoms with E-state index < -0.39 is 0 Å². The zero-order valence-electron chi connectivity index (χ0n) is 15.3. The molecule has 0 bridgehead atoms. The molecule has 0 aliphatic heterocycles. The van der Waals surface area contributed by atoms with Crippen LogP contribution in [-0.2, 0) is 4.74 Å². The molecule has 130 valence electrons. The quantitative estimate of drug-likeness (QED) is 0.703. The van der Waals surface area contributed by atoms with Crippen LogP contribution in [0, 0.1) is 13.8 Å². The smallest absolute Gasteiger partial charge is 0.136 e. The van der Waals surface area contributed by atoms with Crippen LogP contribution in [0.15, 0.2) is 24.3 Å². The highest BCUT2D eigenvalue weighted by molar-refractivity contribution is 5.66. The zero-order chi connectivity index (χ0) is 17.5. The molecule has 0 saturated carbocycles. The first-order valence-electron chi connectivity index (χ1n) is 8.46. The lowest BCUT2D eigenvalue weighted by Gasteiger charge is -2.17. The number of anilines is 3. The molecular weight excluding hydrogens is 300 g/mol. The molecule has 0 aliphatic rings. The van der Waals surface area contributed by atoms with Crippen molar-refractivity contribution in [1.82, 2.24) is 9.97 Å². The number of aryl methyl sites for hydroxylation is 2. The SMILES string of the molecule is COCCCNc1cc(Nc2c(C)cccc2C(C)C)nc(C)n1. The van der Waals surface area contributed by atoms with E-state index in [4.69, 9.17) is 4.74 Å². The van der Waals surface area contributed by atoms with Gasteiger partial charge in [0.25, 0.3) is 0 Å². The molecule has 1 aromatic carbocycles. The molecule has 2 rings (SSSR count). The molecule has 0 radical (unpaired) electrons. The van der Waals surface area contributed by atoms with Crippen molar-refractivity contribution in [3.63, 3.8) is 0 Å². The fourth-order valence-corrected chi connectivity index (χ4v) is 2.63. The van der Waals surface area contributed by atoms with Crippen molar-refractivity contribution in [2.45, 2.75) is 40.0 Å². The fraction of sp³-hybridized carbons (Fsp3) is 0.474. The number of para-hydroxylation sites is 1. The Hall–Kier alpha value is -2.14. The molecule has 0 aliphatic carbocycles. The summed E-state index contributed by atoms with van der Waals surface area (Å²) < 4.78 is 5.07. The van der Waals surface area contributed by atoms with Gasteiger partial charge in [0.15, 0.2) is 0 Å². The van der Waals surface area contributed by atoms with Gasteiger partial charge in [0.1, 0.15) is 17.5 Å². The van der Waals surface area contributed by atoms with Gasteiger partial charge in [-0.15, -0.1) is 0 Å². The zero-order valence-corrected chi connectivity index (χ0v) is 15.3. The van der Waals surface area contributed by atoms with Gasteiger partial charge in [-0.2, -0.15) is 0 Å². The van der Waals surface area contributed by atoms with E-state index in [1.54, 1.807) is 7.11 Å². The second-order valence-electron chi connectivity index (χ2n) is 6.28. The van der Waals surface area contributed by atoms with Crippen LogP contribution in [-0.4, -0.2) is 30.2 Å². The van der Waals surface area contributed by atoms with Gasteiger partial charge in [-0.05, 0) is 37.3 Å². The van der Waals surface area contributed by atoms with Crippen molar-refractivity contribution in [2.75, 3.05) is 30.9 Å². The summed E-state index contributed by atoms with van der Waals surface area (Å²) in [6.45, 7) is 10.00. The van der Waals surface area contributed by atoms with E-state index in [9.17, 15) is 0 Å². The normalized spacial score (nSPS) is 10.9. The standard InChI is InChI=1S/C19H28N4O/c1-13(2)16-9-6-8-14(3)19(16)23-18-12-17(21-15(4)22-18)20-10-7-11-24-5/h6,8-9,12-13H,7,10-11H2,1-5H3,(H2,20,21,22,23). The fourth-order valence-electron chi connectivity index (χ4n) is 2.63. The van der Waals surface area contributed by atoms with Gasteiger partial charge < -0.3 is 15.4 Å². The van der Waals surface area contributed by atoms with E-state index in [0.29, 0.717) is 5.92 Å². The number of hydrogen-bond donors (Lipinski definition) is 2.